The fourth-order valence-corrected chi connectivity index (χ4v) is 3.28. The number of carbonyl (C=O) groups excluding carboxylic acids is 1. The summed E-state index contributed by atoms with van der Waals surface area (Å²) in [6, 6.07) is 15.6. The van der Waals surface area contributed by atoms with Gasteiger partial charge in [0, 0.05) is 25.2 Å². The Kier molecular flexibility index (Phi) is 3.78. The summed E-state index contributed by atoms with van der Waals surface area (Å²) in [5, 5.41) is 9.68. The molecule has 2 heterocycles. The second-order valence-electron chi connectivity index (χ2n) is 6.21. The van der Waals surface area contributed by atoms with Crippen LogP contribution in [0.15, 0.2) is 54.9 Å². The Labute approximate surface area is 140 Å². The summed E-state index contributed by atoms with van der Waals surface area (Å²) in [7, 11) is 0. The van der Waals surface area contributed by atoms with Gasteiger partial charge in [-0.3, -0.25) is 4.79 Å². The third-order valence-corrected chi connectivity index (χ3v) is 4.57. The van der Waals surface area contributed by atoms with Gasteiger partial charge in [-0.2, -0.15) is 0 Å². The number of imidazole rings is 1. The van der Waals surface area contributed by atoms with E-state index in [0.717, 1.165) is 16.6 Å². The molecule has 122 valence electrons. The first-order valence-corrected chi connectivity index (χ1v) is 8.17. The summed E-state index contributed by atoms with van der Waals surface area (Å²) < 4.78 is 2.06. The van der Waals surface area contributed by atoms with Gasteiger partial charge in [-0.25, -0.2) is 4.98 Å². The molecule has 1 atom stereocenters. The molecule has 5 heteroatoms. The topological polar surface area (TPSA) is 58.4 Å². The minimum atomic E-state index is -0.404. The van der Waals surface area contributed by atoms with Crippen molar-refractivity contribution in [3.05, 3.63) is 66.0 Å². The highest BCUT2D eigenvalue weighted by Crippen LogP contribution is 2.19. The van der Waals surface area contributed by atoms with E-state index < -0.39 is 6.10 Å². The number of hydrogen-bond acceptors (Lipinski definition) is 3. The molecule has 1 aliphatic rings. The Morgan fingerprint density at radius 2 is 1.96 bits per heavy atom. The van der Waals surface area contributed by atoms with Crippen LogP contribution < -0.4 is 0 Å². The van der Waals surface area contributed by atoms with Crippen LogP contribution in [0.1, 0.15) is 22.3 Å². The zero-order valence-corrected chi connectivity index (χ0v) is 13.3. The highest BCUT2D eigenvalue weighted by atomic mass is 16.3. The van der Waals surface area contributed by atoms with Crippen molar-refractivity contribution in [3.63, 3.8) is 0 Å². The highest BCUT2D eigenvalue weighted by Gasteiger charge is 2.26. The second kappa shape index (κ2) is 6.09. The SMILES string of the molecule is O=C(c1ccccc1Cn1cnc2ccccc21)N1CCC(O)C1. The molecular formula is C19H19N3O2. The molecular weight excluding hydrogens is 302 g/mol. The maximum Gasteiger partial charge on any atom is 0.254 e. The Balaban J connectivity index is 1.65. The molecule has 3 aromatic rings. The zero-order chi connectivity index (χ0) is 16.5. The van der Waals surface area contributed by atoms with Crippen molar-refractivity contribution in [1.29, 1.82) is 0 Å². The number of aliphatic hydroxyl groups excluding tert-OH is 1. The number of nitrogens with zero attached hydrogens (tertiary/aromatic N) is 3. The summed E-state index contributed by atoms with van der Waals surface area (Å²) >= 11 is 0. The predicted molar refractivity (Wildman–Crippen MR) is 91.8 cm³/mol. The van der Waals surface area contributed by atoms with E-state index in [0.29, 0.717) is 31.6 Å². The minimum Gasteiger partial charge on any atom is -0.391 e. The van der Waals surface area contributed by atoms with Crippen LogP contribution in [0.4, 0.5) is 0 Å². The van der Waals surface area contributed by atoms with Gasteiger partial charge in [0.25, 0.3) is 5.91 Å². The van der Waals surface area contributed by atoms with Crippen molar-refractivity contribution in [1.82, 2.24) is 14.5 Å². The minimum absolute atomic E-state index is 0.00780. The van der Waals surface area contributed by atoms with E-state index >= 15 is 0 Å². The molecule has 1 aliphatic heterocycles. The fraction of sp³-hybridized carbons (Fsp3) is 0.263. The lowest BCUT2D eigenvalue weighted by molar-refractivity contribution is 0.0764. The van der Waals surface area contributed by atoms with E-state index in [4.69, 9.17) is 0 Å². The fourth-order valence-electron chi connectivity index (χ4n) is 3.28. The van der Waals surface area contributed by atoms with Crippen LogP contribution in [-0.4, -0.2) is 44.7 Å². The van der Waals surface area contributed by atoms with Crippen molar-refractivity contribution in [2.24, 2.45) is 0 Å². The Bertz CT molecular complexity index is 887. The van der Waals surface area contributed by atoms with Gasteiger partial charge in [0.15, 0.2) is 0 Å². The van der Waals surface area contributed by atoms with Crippen LogP contribution in [0.2, 0.25) is 0 Å². The van der Waals surface area contributed by atoms with Crippen molar-refractivity contribution in [3.8, 4) is 0 Å². The van der Waals surface area contributed by atoms with Gasteiger partial charge in [0.2, 0.25) is 0 Å². The average Bonchev–Trinajstić information content (AvgIpc) is 3.22. The molecule has 1 N–H and O–H groups in total. The maximum absolute atomic E-state index is 12.8. The first-order chi connectivity index (χ1) is 11.7. The Hall–Kier alpha value is -2.66. The third kappa shape index (κ3) is 2.67. The molecule has 4 rings (SSSR count). The molecule has 0 radical (unpaired) electrons. The molecule has 1 saturated heterocycles. The molecule has 0 saturated carbocycles. The van der Waals surface area contributed by atoms with Crippen molar-refractivity contribution in [2.45, 2.75) is 19.1 Å². The molecule has 0 aliphatic carbocycles. The summed E-state index contributed by atoms with van der Waals surface area (Å²) in [4.78, 5) is 18.9. The van der Waals surface area contributed by atoms with Crippen LogP contribution >= 0.6 is 0 Å². The number of aliphatic hydroxyl groups is 1. The highest BCUT2D eigenvalue weighted by molar-refractivity contribution is 5.96. The van der Waals surface area contributed by atoms with E-state index in [2.05, 4.69) is 9.55 Å². The van der Waals surface area contributed by atoms with Crippen LogP contribution in [0.25, 0.3) is 11.0 Å². The smallest absolute Gasteiger partial charge is 0.254 e. The molecule has 0 spiro atoms. The van der Waals surface area contributed by atoms with E-state index in [1.54, 1.807) is 4.90 Å². The third-order valence-electron chi connectivity index (χ3n) is 4.57. The molecule has 5 nitrogen and oxygen atoms in total. The normalized spacial score (nSPS) is 17.5. The van der Waals surface area contributed by atoms with Crippen LogP contribution in [0.3, 0.4) is 0 Å². The zero-order valence-electron chi connectivity index (χ0n) is 13.3. The maximum atomic E-state index is 12.8. The predicted octanol–water partition coefficient (Wildman–Crippen LogP) is 2.29. The van der Waals surface area contributed by atoms with E-state index in [1.165, 1.54) is 0 Å². The van der Waals surface area contributed by atoms with E-state index in [1.807, 2.05) is 54.9 Å². The van der Waals surface area contributed by atoms with Crippen LogP contribution in [0.5, 0.6) is 0 Å². The Morgan fingerprint density at radius 3 is 2.79 bits per heavy atom. The van der Waals surface area contributed by atoms with E-state index in [9.17, 15) is 9.90 Å². The van der Waals surface area contributed by atoms with Gasteiger partial charge < -0.3 is 14.6 Å². The molecule has 2 aromatic carbocycles. The number of benzene rings is 2. The number of carbonyl (C=O) groups is 1. The van der Waals surface area contributed by atoms with Gasteiger partial charge in [0.05, 0.1) is 23.5 Å². The van der Waals surface area contributed by atoms with Gasteiger partial charge in [-0.1, -0.05) is 30.3 Å². The average molecular weight is 321 g/mol. The lowest BCUT2D eigenvalue weighted by Gasteiger charge is -2.18. The quantitative estimate of drug-likeness (QED) is 0.805. The largest absolute Gasteiger partial charge is 0.391 e. The van der Waals surface area contributed by atoms with Crippen molar-refractivity contribution in [2.75, 3.05) is 13.1 Å². The number of aromatic nitrogens is 2. The second-order valence-corrected chi connectivity index (χ2v) is 6.21. The van der Waals surface area contributed by atoms with Crippen LogP contribution in [-0.2, 0) is 6.54 Å². The van der Waals surface area contributed by atoms with Gasteiger partial charge in [-0.15, -0.1) is 0 Å². The molecule has 1 fully saturated rings. The number of amides is 1. The number of para-hydroxylation sites is 2. The number of rotatable bonds is 3. The number of likely N-dealkylation sites (tertiary alicyclic amines) is 1. The number of β-amino-alcohol motifs (C(OH)–C–C–N with tert-alkyl or cyclic N) is 1. The lowest BCUT2D eigenvalue weighted by atomic mass is 10.1. The Morgan fingerprint density at radius 1 is 1.17 bits per heavy atom. The standard InChI is InChI=1S/C19H19N3O2/c23-15-9-10-21(12-15)19(24)16-6-2-1-5-14(16)11-22-13-20-17-7-3-4-8-18(17)22/h1-8,13,15,23H,9-12H2. The molecule has 1 aromatic heterocycles. The number of fused-ring (bicyclic) bond motifs is 1. The summed E-state index contributed by atoms with van der Waals surface area (Å²) in [5.74, 6) is -0.00780. The van der Waals surface area contributed by atoms with Gasteiger partial charge in [-0.05, 0) is 30.2 Å². The van der Waals surface area contributed by atoms with Gasteiger partial charge in [0.1, 0.15) is 0 Å². The summed E-state index contributed by atoms with van der Waals surface area (Å²) in [5.41, 5.74) is 3.66. The lowest BCUT2D eigenvalue weighted by Crippen LogP contribution is -2.30. The first-order valence-electron chi connectivity index (χ1n) is 8.17. The number of hydrogen-bond donors (Lipinski definition) is 1. The van der Waals surface area contributed by atoms with Gasteiger partial charge >= 0.3 is 0 Å². The first kappa shape index (κ1) is 14.9. The molecule has 0 bridgehead atoms. The van der Waals surface area contributed by atoms with Crippen molar-refractivity contribution < 1.29 is 9.90 Å². The molecule has 24 heavy (non-hydrogen) atoms. The van der Waals surface area contributed by atoms with Crippen molar-refractivity contribution >= 4 is 16.9 Å². The summed E-state index contributed by atoms with van der Waals surface area (Å²) in [6.07, 6.45) is 2.06. The monoisotopic (exact) mass is 321 g/mol. The molecule has 1 amide bonds. The summed E-state index contributed by atoms with van der Waals surface area (Å²) in [6.45, 7) is 1.63. The van der Waals surface area contributed by atoms with E-state index in [-0.39, 0.29) is 5.91 Å². The molecule has 1 unspecified atom stereocenters. The van der Waals surface area contributed by atoms with Crippen LogP contribution in [0, 0.1) is 0 Å².